The van der Waals surface area contributed by atoms with Crippen LogP contribution < -0.4 is 10.5 Å². The summed E-state index contributed by atoms with van der Waals surface area (Å²) in [5.41, 5.74) is 6.26. The minimum Gasteiger partial charge on any atom is -0.497 e. The van der Waals surface area contributed by atoms with E-state index in [4.69, 9.17) is 10.5 Å². The third kappa shape index (κ3) is 3.98. The minimum atomic E-state index is -0.323. The maximum atomic E-state index is 12.4. The fourth-order valence-corrected chi connectivity index (χ4v) is 2.61. The number of hydrogen-bond acceptors (Lipinski definition) is 4. The van der Waals surface area contributed by atoms with Crippen LogP contribution in [0.25, 0.3) is 0 Å². The number of ether oxygens (including phenoxy) is 1. The Balaban J connectivity index is 1.88. The van der Waals surface area contributed by atoms with Gasteiger partial charge in [0.2, 0.25) is 11.8 Å². The van der Waals surface area contributed by atoms with Gasteiger partial charge >= 0.3 is 0 Å². The molecule has 0 spiro atoms. The lowest BCUT2D eigenvalue weighted by atomic mass is 10.1. The van der Waals surface area contributed by atoms with Crippen molar-refractivity contribution in [2.24, 2.45) is 5.73 Å². The van der Waals surface area contributed by atoms with Gasteiger partial charge in [-0.05, 0) is 24.6 Å². The number of nitrogens with zero attached hydrogens (tertiary/aromatic N) is 2. The molecule has 0 unspecified atom stereocenters. The normalized spacial score (nSPS) is 17.1. The molecule has 1 heterocycles. The summed E-state index contributed by atoms with van der Waals surface area (Å²) in [4.78, 5) is 27.4. The van der Waals surface area contributed by atoms with Gasteiger partial charge in [-0.15, -0.1) is 0 Å². The molecule has 0 radical (unpaired) electrons. The molecule has 22 heavy (non-hydrogen) atoms. The van der Waals surface area contributed by atoms with E-state index in [9.17, 15) is 9.59 Å². The second-order valence-corrected chi connectivity index (χ2v) is 5.52. The number of carbonyl (C=O) groups excluding carboxylic acids is 2. The first kappa shape index (κ1) is 16.3. The van der Waals surface area contributed by atoms with Crippen LogP contribution in [0.1, 0.15) is 12.5 Å². The lowest BCUT2D eigenvalue weighted by Crippen LogP contribution is -2.54. The predicted molar refractivity (Wildman–Crippen MR) is 83.5 cm³/mol. The molecule has 2 rings (SSSR count). The summed E-state index contributed by atoms with van der Waals surface area (Å²) < 4.78 is 5.17. The molecule has 1 atom stereocenters. The van der Waals surface area contributed by atoms with Gasteiger partial charge in [0.25, 0.3) is 0 Å². The van der Waals surface area contributed by atoms with Crippen molar-refractivity contribution in [3.8, 4) is 5.75 Å². The van der Waals surface area contributed by atoms with Gasteiger partial charge in [-0.2, -0.15) is 0 Å². The zero-order valence-electron chi connectivity index (χ0n) is 13.1. The van der Waals surface area contributed by atoms with E-state index in [1.54, 1.807) is 14.0 Å². The highest BCUT2D eigenvalue weighted by Crippen LogP contribution is 2.14. The molecule has 2 amide bonds. The lowest BCUT2D eigenvalue weighted by molar-refractivity contribution is -0.133. The Hall–Kier alpha value is -2.08. The molecule has 1 fully saturated rings. The van der Waals surface area contributed by atoms with Crippen LogP contribution in [-0.2, 0) is 16.0 Å². The summed E-state index contributed by atoms with van der Waals surface area (Å²) in [5, 5.41) is 0. The maximum absolute atomic E-state index is 12.4. The molecule has 1 saturated heterocycles. The van der Waals surface area contributed by atoms with Gasteiger partial charge in [-0.25, -0.2) is 0 Å². The van der Waals surface area contributed by atoms with Crippen LogP contribution in [-0.4, -0.2) is 60.9 Å². The molecule has 0 aliphatic carbocycles. The van der Waals surface area contributed by atoms with E-state index >= 15 is 0 Å². The van der Waals surface area contributed by atoms with Crippen molar-refractivity contribution >= 4 is 11.8 Å². The number of benzene rings is 1. The van der Waals surface area contributed by atoms with Crippen molar-refractivity contribution in [3.63, 3.8) is 0 Å². The molecule has 1 aromatic carbocycles. The molecule has 1 aliphatic heterocycles. The summed E-state index contributed by atoms with van der Waals surface area (Å²) in [6.07, 6.45) is 0.364. The van der Waals surface area contributed by atoms with Gasteiger partial charge in [0.15, 0.2) is 0 Å². The number of methoxy groups -OCH3 is 1. The molecular formula is C16H23N3O3. The lowest BCUT2D eigenvalue weighted by Gasteiger charge is -2.37. The number of hydrogen-bond donors (Lipinski definition) is 1. The summed E-state index contributed by atoms with van der Waals surface area (Å²) >= 11 is 0. The molecule has 0 bridgehead atoms. The molecular weight excluding hydrogens is 282 g/mol. The first-order valence-electron chi connectivity index (χ1n) is 7.45. The maximum Gasteiger partial charge on any atom is 0.234 e. The molecule has 2 N–H and O–H groups in total. The number of amides is 2. The quantitative estimate of drug-likeness (QED) is 0.846. The van der Waals surface area contributed by atoms with Crippen LogP contribution in [0.3, 0.4) is 0 Å². The molecule has 6 nitrogen and oxygen atoms in total. The van der Waals surface area contributed by atoms with Crippen molar-refractivity contribution < 1.29 is 14.3 Å². The molecule has 120 valence electrons. The highest BCUT2D eigenvalue weighted by atomic mass is 16.5. The minimum absolute atomic E-state index is 0.0969. The number of piperazine rings is 1. The SMILES string of the molecule is COc1cccc(CC(=O)N2CCN([C@@H](C)C(N)=O)CC2)c1. The first-order valence-corrected chi connectivity index (χ1v) is 7.45. The van der Waals surface area contributed by atoms with E-state index in [0.717, 1.165) is 11.3 Å². The van der Waals surface area contributed by atoms with E-state index in [1.807, 2.05) is 34.1 Å². The largest absolute Gasteiger partial charge is 0.497 e. The van der Waals surface area contributed by atoms with Gasteiger partial charge in [-0.3, -0.25) is 14.5 Å². The summed E-state index contributed by atoms with van der Waals surface area (Å²) in [7, 11) is 1.61. The zero-order valence-corrected chi connectivity index (χ0v) is 13.1. The topological polar surface area (TPSA) is 75.9 Å². The Morgan fingerprint density at radius 3 is 2.55 bits per heavy atom. The second-order valence-electron chi connectivity index (χ2n) is 5.52. The average Bonchev–Trinajstić information content (AvgIpc) is 2.54. The Morgan fingerprint density at radius 1 is 1.27 bits per heavy atom. The third-order valence-corrected chi connectivity index (χ3v) is 4.12. The Bertz CT molecular complexity index is 539. The van der Waals surface area contributed by atoms with Crippen molar-refractivity contribution in [3.05, 3.63) is 29.8 Å². The van der Waals surface area contributed by atoms with Crippen molar-refractivity contribution in [1.82, 2.24) is 9.80 Å². The van der Waals surface area contributed by atoms with Crippen LogP contribution in [0.15, 0.2) is 24.3 Å². The summed E-state index contributed by atoms with van der Waals surface area (Å²) in [6, 6.07) is 7.26. The second kappa shape index (κ2) is 7.26. The Morgan fingerprint density at radius 2 is 1.95 bits per heavy atom. The Labute approximate surface area is 130 Å². The van der Waals surface area contributed by atoms with Crippen molar-refractivity contribution in [1.29, 1.82) is 0 Å². The van der Waals surface area contributed by atoms with Crippen LogP contribution in [0.5, 0.6) is 5.75 Å². The van der Waals surface area contributed by atoms with E-state index in [2.05, 4.69) is 0 Å². The monoisotopic (exact) mass is 305 g/mol. The van der Waals surface area contributed by atoms with Crippen LogP contribution in [0, 0.1) is 0 Å². The van der Waals surface area contributed by atoms with E-state index in [1.165, 1.54) is 0 Å². The van der Waals surface area contributed by atoms with Crippen LogP contribution in [0.4, 0.5) is 0 Å². The molecule has 0 saturated carbocycles. The number of primary amides is 1. The first-order chi connectivity index (χ1) is 10.5. The van der Waals surface area contributed by atoms with Gasteiger partial charge in [-0.1, -0.05) is 12.1 Å². The smallest absolute Gasteiger partial charge is 0.234 e. The predicted octanol–water partition coefficient (Wildman–Crippen LogP) is 0.256. The summed E-state index contributed by atoms with van der Waals surface area (Å²) in [5.74, 6) is 0.529. The zero-order chi connectivity index (χ0) is 16.1. The molecule has 6 heteroatoms. The standard InChI is InChI=1S/C16H23N3O3/c1-12(16(17)21)18-6-8-19(9-7-18)15(20)11-13-4-3-5-14(10-13)22-2/h3-5,10,12H,6-9,11H2,1-2H3,(H2,17,21)/t12-/m0/s1. The highest BCUT2D eigenvalue weighted by Gasteiger charge is 2.26. The average molecular weight is 305 g/mol. The molecule has 1 aromatic rings. The highest BCUT2D eigenvalue weighted by molar-refractivity contribution is 5.80. The fraction of sp³-hybridized carbons (Fsp3) is 0.500. The van der Waals surface area contributed by atoms with E-state index in [0.29, 0.717) is 32.6 Å². The fourth-order valence-electron chi connectivity index (χ4n) is 2.61. The number of carbonyl (C=O) groups is 2. The van der Waals surface area contributed by atoms with Gasteiger partial charge in [0.1, 0.15) is 5.75 Å². The van der Waals surface area contributed by atoms with Crippen LogP contribution >= 0.6 is 0 Å². The van der Waals surface area contributed by atoms with Crippen LogP contribution in [0.2, 0.25) is 0 Å². The number of rotatable bonds is 5. The molecule has 1 aliphatic rings. The van der Waals surface area contributed by atoms with E-state index < -0.39 is 0 Å². The Kier molecular flexibility index (Phi) is 5.38. The van der Waals surface area contributed by atoms with Crippen molar-refractivity contribution in [2.45, 2.75) is 19.4 Å². The van der Waals surface area contributed by atoms with Gasteiger partial charge in [0, 0.05) is 26.2 Å². The molecule has 0 aromatic heterocycles. The van der Waals surface area contributed by atoms with Gasteiger partial charge < -0.3 is 15.4 Å². The third-order valence-electron chi connectivity index (χ3n) is 4.12. The number of nitrogens with two attached hydrogens (primary N) is 1. The van der Waals surface area contributed by atoms with Gasteiger partial charge in [0.05, 0.1) is 19.6 Å². The van der Waals surface area contributed by atoms with Crippen molar-refractivity contribution in [2.75, 3.05) is 33.3 Å². The summed E-state index contributed by atoms with van der Waals surface area (Å²) in [6.45, 7) is 4.40. The van der Waals surface area contributed by atoms with E-state index in [-0.39, 0.29) is 17.9 Å².